The minimum Gasteiger partial charge on any atom is -0.347 e. The standard InChI is InChI=1S/C14H22N2S/c1-9-10(2)15-12(16-13(9)17)11-5-7-14(3,4)8-6-11/h11H,5-8H2,1-4H3,(H,15,16,17). The average Bonchev–Trinajstić information content (AvgIpc) is 2.25. The van der Waals surface area contributed by atoms with E-state index in [1.807, 2.05) is 6.92 Å². The van der Waals surface area contributed by atoms with Crippen molar-refractivity contribution >= 4 is 12.2 Å². The molecule has 0 spiro atoms. The molecule has 1 aliphatic rings. The van der Waals surface area contributed by atoms with Gasteiger partial charge in [-0.15, -0.1) is 0 Å². The van der Waals surface area contributed by atoms with Gasteiger partial charge in [-0.1, -0.05) is 26.1 Å². The zero-order valence-electron chi connectivity index (χ0n) is 11.3. The minimum atomic E-state index is 0.507. The van der Waals surface area contributed by atoms with Gasteiger partial charge in [0.15, 0.2) is 0 Å². The SMILES string of the molecule is Cc1[nH]c(C2CCC(C)(C)CC2)nc(=S)c1C. The lowest BCUT2D eigenvalue weighted by Crippen LogP contribution is -2.21. The molecule has 0 saturated heterocycles. The molecule has 2 nitrogen and oxygen atoms in total. The number of rotatable bonds is 1. The van der Waals surface area contributed by atoms with Crippen LogP contribution in [0.1, 0.15) is 62.5 Å². The summed E-state index contributed by atoms with van der Waals surface area (Å²) in [6.45, 7) is 8.84. The molecule has 0 aromatic carbocycles. The molecule has 0 atom stereocenters. The molecule has 1 saturated carbocycles. The van der Waals surface area contributed by atoms with Gasteiger partial charge in [-0.2, -0.15) is 0 Å². The normalized spacial score (nSPS) is 20.5. The van der Waals surface area contributed by atoms with Crippen LogP contribution >= 0.6 is 12.2 Å². The third-order valence-electron chi connectivity index (χ3n) is 4.15. The second-order valence-electron chi connectivity index (χ2n) is 6.12. The number of hydrogen-bond donors (Lipinski definition) is 1. The van der Waals surface area contributed by atoms with Gasteiger partial charge >= 0.3 is 0 Å². The fraction of sp³-hybridized carbons (Fsp3) is 0.714. The maximum atomic E-state index is 5.31. The summed E-state index contributed by atoms with van der Waals surface area (Å²) in [5.41, 5.74) is 2.79. The van der Waals surface area contributed by atoms with E-state index >= 15 is 0 Å². The molecular formula is C14H22N2S. The first-order valence-corrected chi connectivity index (χ1v) is 6.87. The van der Waals surface area contributed by atoms with Gasteiger partial charge in [0, 0.05) is 17.2 Å². The van der Waals surface area contributed by atoms with Crippen molar-refractivity contribution in [3.8, 4) is 0 Å². The van der Waals surface area contributed by atoms with Crippen LogP contribution in [0.25, 0.3) is 0 Å². The third kappa shape index (κ3) is 2.76. The molecule has 0 bridgehead atoms. The van der Waals surface area contributed by atoms with E-state index in [0.29, 0.717) is 11.3 Å². The molecule has 0 unspecified atom stereocenters. The van der Waals surface area contributed by atoms with E-state index in [2.05, 4.69) is 30.7 Å². The fourth-order valence-corrected chi connectivity index (χ4v) is 2.78. The van der Waals surface area contributed by atoms with Crippen molar-refractivity contribution in [3.63, 3.8) is 0 Å². The maximum absolute atomic E-state index is 5.31. The van der Waals surface area contributed by atoms with Crippen molar-refractivity contribution in [2.24, 2.45) is 5.41 Å². The van der Waals surface area contributed by atoms with Crippen LogP contribution in [0.4, 0.5) is 0 Å². The largest absolute Gasteiger partial charge is 0.347 e. The van der Waals surface area contributed by atoms with E-state index in [1.54, 1.807) is 0 Å². The van der Waals surface area contributed by atoms with Crippen molar-refractivity contribution in [1.29, 1.82) is 0 Å². The number of H-pyrrole nitrogens is 1. The average molecular weight is 250 g/mol. The van der Waals surface area contributed by atoms with Crippen LogP contribution in [0.5, 0.6) is 0 Å². The molecule has 0 aliphatic heterocycles. The second-order valence-corrected chi connectivity index (χ2v) is 6.50. The van der Waals surface area contributed by atoms with Crippen LogP contribution in [-0.4, -0.2) is 9.97 Å². The van der Waals surface area contributed by atoms with Crippen LogP contribution in [0.2, 0.25) is 0 Å². The first-order valence-electron chi connectivity index (χ1n) is 6.46. The van der Waals surface area contributed by atoms with E-state index in [4.69, 9.17) is 12.2 Å². The molecule has 3 heteroatoms. The smallest absolute Gasteiger partial charge is 0.132 e. The van der Waals surface area contributed by atoms with Gasteiger partial charge in [0.05, 0.1) is 0 Å². The van der Waals surface area contributed by atoms with Gasteiger partial charge in [0.2, 0.25) is 0 Å². The maximum Gasteiger partial charge on any atom is 0.132 e. The molecule has 1 N–H and O–H groups in total. The molecule has 1 heterocycles. The molecule has 2 rings (SSSR count). The summed E-state index contributed by atoms with van der Waals surface area (Å²) >= 11 is 5.31. The van der Waals surface area contributed by atoms with E-state index in [1.165, 1.54) is 31.4 Å². The molecule has 0 amide bonds. The highest BCUT2D eigenvalue weighted by molar-refractivity contribution is 7.71. The second kappa shape index (κ2) is 4.52. The number of hydrogen-bond acceptors (Lipinski definition) is 2. The number of nitrogens with one attached hydrogen (secondary N) is 1. The Morgan fingerprint density at radius 1 is 1.24 bits per heavy atom. The van der Waals surface area contributed by atoms with Crippen molar-refractivity contribution < 1.29 is 0 Å². The van der Waals surface area contributed by atoms with Crippen molar-refractivity contribution in [2.45, 2.75) is 59.3 Å². The summed E-state index contributed by atoms with van der Waals surface area (Å²) in [6.07, 6.45) is 5.03. The van der Waals surface area contributed by atoms with Gasteiger partial charge in [-0.25, -0.2) is 4.98 Å². The topological polar surface area (TPSA) is 28.7 Å². The zero-order chi connectivity index (χ0) is 12.6. The highest BCUT2D eigenvalue weighted by Gasteiger charge is 2.28. The van der Waals surface area contributed by atoms with Crippen LogP contribution in [-0.2, 0) is 0 Å². The zero-order valence-corrected chi connectivity index (χ0v) is 12.1. The summed E-state index contributed by atoms with van der Waals surface area (Å²) in [7, 11) is 0. The number of aromatic nitrogens is 2. The Kier molecular flexibility index (Phi) is 3.39. The van der Waals surface area contributed by atoms with E-state index in [-0.39, 0.29) is 0 Å². The highest BCUT2D eigenvalue weighted by Crippen LogP contribution is 2.41. The van der Waals surface area contributed by atoms with Gasteiger partial charge in [-0.05, 0) is 44.9 Å². The van der Waals surface area contributed by atoms with Gasteiger partial charge < -0.3 is 4.98 Å². The lowest BCUT2D eigenvalue weighted by molar-refractivity contribution is 0.220. The first-order chi connectivity index (χ1) is 7.89. The predicted octanol–water partition coefficient (Wildman–Crippen LogP) is 4.44. The monoisotopic (exact) mass is 250 g/mol. The summed E-state index contributed by atoms with van der Waals surface area (Å²) in [5.74, 6) is 1.68. The van der Waals surface area contributed by atoms with Gasteiger partial charge in [0.25, 0.3) is 0 Å². The molecule has 94 valence electrons. The van der Waals surface area contributed by atoms with Crippen LogP contribution in [0, 0.1) is 23.9 Å². The number of nitrogens with zero attached hydrogens (tertiary/aromatic N) is 1. The van der Waals surface area contributed by atoms with Gasteiger partial charge in [-0.3, -0.25) is 0 Å². The quantitative estimate of drug-likeness (QED) is 0.746. The Bertz CT molecular complexity index is 464. The molecule has 0 radical (unpaired) electrons. The molecular weight excluding hydrogens is 228 g/mol. The highest BCUT2D eigenvalue weighted by atomic mass is 32.1. The van der Waals surface area contributed by atoms with Crippen molar-refractivity contribution in [1.82, 2.24) is 9.97 Å². The first kappa shape index (κ1) is 12.7. The van der Waals surface area contributed by atoms with E-state index in [0.717, 1.165) is 16.0 Å². The number of aromatic amines is 1. The lowest BCUT2D eigenvalue weighted by Gasteiger charge is -2.33. The summed E-state index contributed by atoms with van der Waals surface area (Å²) in [5, 5.41) is 0. The van der Waals surface area contributed by atoms with Crippen molar-refractivity contribution in [2.75, 3.05) is 0 Å². The van der Waals surface area contributed by atoms with Gasteiger partial charge in [0.1, 0.15) is 10.5 Å². The summed E-state index contributed by atoms with van der Waals surface area (Å²) in [4.78, 5) is 8.00. The summed E-state index contributed by atoms with van der Waals surface area (Å²) < 4.78 is 0.765. The Morgan fingerprint density at radius 2 is 1.82 bits per heavy atom. The Labute approximate surface area is 109 Å². The van der Waals surface area contributed by atoms with Crippen LogP contribution in [0.15, 0.2) is 0 Å². The van der Waals surface area contributed by atoms with E-state index in [9.17, 15) is 0 Å². The predicted molar refractivity (Wildman–Crippen MR) is 73.9 cm³/mol. The molecule has 1 fully saturated rings. The van der Waals surface area contributed by atoms with Crippen LogP contribution < -0.4 is 0 Å². The van der Waals surface area contributed by atoms with Crippen molar-refractivity contribution in [3.05, 3.63) is 21.7 Å². The van der Waals surface area contributed by atoms with E-state index < -0.39 is 0 Å². The Balaban J connectivity index is 2.22. The minimum absolute atomic E-state index is 0.507. The molecule has 1 aromatic rings. The Morgan fingerprint density at radius 3 is 2.35 bits per heavy atom. The lowest BCUT2D eigenvalue weighted by atomic mass is 9.73. The Hall–Kier alpha value is -0.700. The third-order valence-corrected chi connectivity index (χ3v) is 4.54. The number of aryl methyl sites for hydroxylation is 1. The molecule has 1 aliphatic carbocycles. The molecule has 17 heavy (non-hydrogen) atoms. The molecule has 1 aromatic heterocycles. The van der Waals surface area contributed by atoms with Crippen LogP contribution in [0.3, 0.4) is 0 Å². The summed E-state index contributed by atoms with van der Waals surface area (Å²) in [6, 6.07) is 0. The fourth-order valence-electron chi connectivity index (χ4n) is 2.53.